The van der Waals surface area contributed by atoms with Crippen molar-refractivity contribution < 1.29 is 4.79 Å². The Kier molecular flexibility index (Phi) is 5.08. The first kappa shape index (κ1) is 14.6. The minimum absolute atomic E-state index is 0.142. The Bertz CT molecular complexity index is 437. The zero-order chi connectivity index (χ0) is 13.8. The third-order valence-corrected chi connectivity index (χ3v) is 4.36. The Labute approximate surface area is 123 Å². The zero-order valence-electron chi connectivity index (χ0n) is 11.0. The van der Waals surface area contributed by atoms with E-state index in [0.29, 0.717) is 10.0 Å². The molecule has 0 atom stereocenters. The van der Waals surface area contributed by atoms with Crippen LogP contribution in [-0.2, 0) is 11.3 Å². The lowest BCUT2D eigenvalue weighted by Gasteiger charge is -2.31. The van der Waals surface area contributed by atoms with E-state index < -0.39 is 0 Å². The minimum Gasteiger partial charge on any atom is -0.359 e. The summed E-state index contributed by atoms with van der Waals surface area (Å²) in [5.41, 5.74) is 0.976. The van der Waals surface area contributed by atoms with Crippen LogP contribution >= 0.6 is 23.2 Å². The van der Waals surface area contributed by atoms with E-state index in [-0.39, 0.29) is 11.8 Å². The zero-order valence-corrected chi connectivity index (χ0v) is 12.5. The van der Waals surface area contributed by atoms with E-state index >= 15 is 0 Å². The van der Waals surface area contributed by atoms with Crippen molar-refractivity contribution in [3.8, 4) is 0 Å². The fourth-order valence-corrected chi connectivity index (χ4v) is 2.98. The van der Waals surface area contributed by atoms with E-state index in [1.165, 1.54) is 0 Å². The molecule has 1 aromatic carbocycles. The van der Waals surface area contributed by atoms with Crippen molar-refractivity contribution in [1.82, 2.24) is 10.2 Å². The number of hydrogen-bond acceptors (Lipinski definition) is 2. The number of likely N-dealkylation sites (tertiary alicyclic amines) is 1. The lowest BCUT2D eigenvalue weighted by molar-refractivity contribution is -0.125. The van der Waals surface area contributed by atoms with Gasteiger partial charge in [0.15, 0.2) is 0 Å². The second kappa shape index (κ2) is 6.60. The topological polar surface area (TPSA) is 32.3 Å². The van der Waals surface area contributed by atoms with Gasteiger partial charge in [0.1, 0.15) is 0 Å². The predicted molar refractivity (Wildman–Crippen MR) is 78.5 cm³/mol. The fourth-order valence-electron chi connectivity index (χ4n) is 2.46. The molecule has 19 heavy (non-hydrogen) atoms. The average Bonchev–Trinajstić information content (AvgIpc) is 2.43. The standard InChI is InChI=1S/C14H18Cl2N2O/c1-17-14(19)10-5-7-18(8-6-10)9-11-12(15)3-2-4-13(11)16/h2-4,10H,5-9H2,1H3,(H,17,19). The third-order valence-electron chi connectivity index (χ3n) is 3.65. The number of hydrogen-bond donors (Lipinski definition) is 1. The molecule has 1 aromatic rings. The molecule has 1 amide bonds. The highest BCUT2D eigenvalue weighted by Crippen LogP contribution is 2.27. The van der Waals surface area contributed by atoms with Crippen LogP contribution in [0, 0.1) is 5.92 Å². The number of rotatable bonds is 3. The van der Waals surface area contributed by atoms with E-state index in [4.69, 9.17) is 23.2 Å². The number of halogens is 2. The first-order chi connectivity index (χ1) is 9.11. The molecule has 3 nitrogen and oxygen atoms in total. The molecule has 1 saturated heterocycles. The Morgan fingerprint density at radius 3 is 2.42 bits per heavy atom. The first-order valence-corrected chi connectivity index (χ1v) is 7.24. The second-order valence-electron chi connectivity index (χ2n) is 4.86. The molecule has 0 bridgehead atoms. The van der Waals surface area contributed by atoms with Crippen molar-refractivity contribution in [3.05, 3.63) is 33.8 Å². The van der Waals surface area contributed by atoms with Gasteiger partial charge in [-0.05, 0) is 38.1 Å². The second-order valence-corrected chi connectivity index (χ2v) is 5.68. The van der Waals surface area contributed by atoms with Gasteiger partial charge in [-0.15, -0.1) is 0 Å². The molecule has 1 heterocycles. The van der Waals surface area contributed by atoms with Crippen LogP contribution in [0.2, 0.25) is 10.0 Å². The summed E-state index contributed by atoms with van der Waals surface area (Å²) >= 11 is 12.4. The molecule has 0 aromatic heterocycles. The number of nitrogens with zero attached hydrogens (tertiary/aromatic N) is 1. The van der Waals surface area contributed by atoms with Gasteiger partial charge in [-0.3, -0.25) is 9.69 Å². The van der Waals surface area contributed by atoms with Crippen molar-refractivity contribution in [2.75, 3.05) is 20.1 Å². The van der Waals surface area contributed by atoms with Crippen LogP contribution in [0.15, 0.2) is 18.2 Å². The normalized spacial score (nSPS) is 17.4. The van der Waals surface area contributed by atoms with E-state index in [1.807, 2.05) is 18.2 Å². The number of amides is 1. The molecule has 0 aliphatic carbocycles. The van der Waals surface area contributed by atoms with Crippen LogP contribution in [0.5, 0.6) is 0 Å². The highest BCUT2D eigenvalue weighted by Gasteiger charge is 2.24. The predicted octanol–water partition coefficient (Wildman–Crippen LogP) is 2.95. The van der Waals surface area contributed by atoms with E-state index in [2.05, 4.69) is 10.2 Å². The van der Waals surface area contributed by atoms with Gasteiger partial charge in [0.05, 0.1) is 0 Å². The van der Waals surface area contributed by atoms with E-state index in [0.717, 1.165) is 38.0 Å². The van der Waals surface area contributed by atoms with Crippen molar-refractivity contribution >= 4 is 29.1 Å². The van der Waals surface area contributed by atoms with Crippen LogP contribution in [-0.4, -0.2) is 30.9 Å². The molecule has 0 radical (unpaired) electrons. The maximum absolute atomic E-state index is 11.6. The molecular formula is C14H18Cl2N2O. The average molecular weight is 301 g/mol. The van der Waals surface area contributed by atoms with Crippen LogP contribution in [0.25, 0.3) is 0 Å². The van der Waals surface area contributed by atoms with Crippen LogP contribution in [0.1, 0.15) is 18.4 Å². The number of piperidine rings is 1. The van der Waals surface area contributed by atoms with Gasteiger partial charge >= 0.3 is 0 Å². The smallest absolute Gasteiger partial charge is 0.222 e. The number of carbonyl (C=O) groups is 1. The van der Waals surface area contributed by atoms with Crippen LogP contribution < -0.4 is 5.32 Å². The van der Waals surface area contributed by atoms with Crippen molar-refractivity contribution in [1.29, 1.82) is 0 Å². The largest absolute Gasteiger partial charge is 0.359 e. The van der Waals surface area contributed by atoms with Crippen LogP contribution in [0.4, 0.5) is 0 Å². The Balaban J connectivity index is 1.94. The molecule has 1 aliphatic heterocycles. The van der Waals surface area contributed by atoms with Gasteiger partial charge in [0, 0.05) is 35.1 Å². The lowest BCUT2D eigenvalue weighted by atomic mass is 9.95. The molecule has 0 unspecified atom stereocenters. The number of benzene rings is 1. The molecule has 1 N–H and O–H groups in total. The lowest BCUT2D eigenvalue weighted by Crippen LogP contribution is -2.39. The van der Waals surface area contributed by atoms with Gasteiger partial charge < -0.3 is 5.32 Å². The molecule has 104 valence electrons. The molecule has 2 rings (SSSR count). The maximum Gasteiger partial charge on any atom is 0.222 e. The number of carbonyl (C=O) groups excluding carboxylic acids is 1. The summed E-state index contributed by atoms with van der Waals surface area (Å²) in [6.07, 6.45) is 1.78. The summed E-state index contributed by atoms with van der Waals surface area (Å²) in [6, 6.07) is 5.58. The fraction of sp³-hybridized carbons (Fsp3) is 0.500. The first-order valence-electron chi connectivity index (χ1n) is 6.48. The summed E-state index contributed by atoms with van der Waals surface area (Å²) in [5, 5.41) is 4.14. The molecular weight excluding hydrogens is 283 g/mol. The monoisotopic (exact) mass is 300 g/mol. The summed E-state index contributed by atoms with van der Waals surface area (Å²) in [4.78, 5) is 13.9. The quantitative estimate of drug-likeness (QED) is 0.931. The molecule has 0 saturated carbocycles. The van der Waals surface area contributed by atoms with Crippen molar-refractivity contribution in [3.63, 3.8) is 0 Å². The van der Waals surface area contributed by atoms with E-state index in [9.17, 15) is 4.79 Å². The SMILES string of the molecule is CNC(=O)C1CCN(Cc2c(Cl)cccc2Cl)CC1. The highest BCUT2D eigenvalue weighted by molar-refractivity contribution is 6.35. The van der Waals surface area contributed by atoms with Crippen molar-refractivity contribution in [2.45, 2.75) is 19.4 Å². The van der Waals surface area contributed by atoms with Gasteiger partial charge in [0.2, 0.25) is 5.91 Å². The summed E-state index contributed by atoms with van der Waals surface area (Å²) in [7, 11) is 1.69. The summed E-state index contributed by atoms with van der Waals surface area (Å²) < 4.78 is 0. The van der Waals surface area contributed by atoms with Gasteiger partial charge in [-0.25, -0.2) is 0 Å². The van der Waals surface area contributed by atoms with Crippen molar-refractivity contribution in [2.24, 2.45) is 5.92 Å². The number of nitrogens with one attached hydrogen (secondary N) is 1. The minimum atomic E-state index is 0.142. The van der Waals surface area contributed by atoms with Gasteiger partial charge in [0.25, 0.3) is 0 Å². The van der Waals surface area contributed by atoms with Gasteiger partial charge in [-0.2, -0.15) is 0 Å². The Hall–Kier alpha value is -0.770. The Morgan fingerprint density at radius 1 is 1.32 bits per heavy atom. The third kappa shape index (κ3) is 3.62. The summed E-state index contributed by atoms with van der Waals surface area (Å²) in [6.45, 7) is 2.55. The molecule has 5 heteroatoms. The highest BCUT2D eigenvalue weighted by atomic mass is 35.5. The molecule has 0 spiro atoms. The van der Waals surface area contributed by atoms with E-state index in [1.54, 1.807) is 7.05 Å². The molecule has 1 aliphatic rings. The maximum atomic E-state index is 11.6. The van der Waals surface area contributed by atoms with Crippen LogP contribution in [0.3, 0.4) is 0 Å². The Morgan fingerprint density at radius 2 is 1.89 bits per heavy atom. The molecule has 1 fully saturated rings. The van der Waals surface area contributed by atoms with Gasteiger partial charge in [-0.1, -0.05) is 29.3 Å². The summed E-state index contributed by atoms with van der Waals surface area (Å²) in [5.74, 6) is 0.290.